The molecule has 90 valence electrons. The second-order valence-corrected chi connectivity index (χ2v) is 4.93. The van der Waals surface area contributed by atoms with Gasteiger partial charge in [0.2, 0.25) is 0 Å². The van der Waals surface area contributed by atoms with Crippen LogP contribution in [0.5, 0.6) is 0 Å². The molecular weight excluding hydrogens is 202 g/mol. The number of aromatic nitrogens is 2. The molecule has 0 amide bonds. The van der Waals surface area contributed by atoms with E-state index < -0.39 is 0 Å². The highest BCUT2D eigenvalue weighted by molar-refractivity contribution is 5.06. The average molecular weight is 223 g/mol. The molecule has 0 bridgehead atoms. The molecule has 1 rings (SSSR count). The average Bonchev–Trinajstić information content (AvgIpc) is 2.25. The van der Waals surface area contributed by atoms with E-state index in [-0.39, 0.29) is 11.6 Å². The standard InChI is InChI=1S/C12H21N3O/c1-9(16-5)11-13-6-10(7-14-11)8-15-12(2,3)4/h6-7,9,15H,8H2,1-5H3. The number of nitrogens with zero attached hydrogens (tertiary/aromatic N) is 2. The molecule has 1 aromatic heterocycles. The van der Waals surface area contributed by atoms with Gasteiger partial charge in [0.1, 0.15) is 6.10 Å². The maximum atomic E-state index is 5.15. The summed E-state index contributed by atoms with van der Waals surface area (Å²) in [6.45, 7) is 9.12. The third-order valence-corrected chi connectivity index (χ3v) is 2.27. The summed E-state index contributed by atoms with van der Waals surface area (Å²) >= 11 is 0. The van der Waals surface area contributed by atoms with Crippen LogP contribution >= 0.6 is 0 Å². The summed E-state index contributed by atoms with van der Waals surface area (Å²) in [6.07, 6.45) is 3.64. The van der Waals surface area contributed by atoms with Crippen molar-refractivity contribution in [3.8, 4) is 0 Å². The molecule has 1 heterocycles. The molecule has 1 N–H and O–H groups in total. The first-order valence-corrected chi connectivity index (χ1v) is 5.51. The lowest BCUT2D eigenvalue weighted by Gasteiger charge is -2.20. The molecule has 0 fully saturated rings. The van der Waals surface area contributed by atoms with Crippen LogP contribution in [0.1, 0.15) is 45.2 Å². The van der Waals surface area contributed by atoms with Gasteiger partial charge < -0.3 is 10.1 Å². The molecule has 1 unspecified atom stereocenters. The molecule has 16 heavy (non-hydrogen) atoms. The third-order valence-electron chi connectivity index (χ3n) is 2.27. The lowest BCUT2D eigenvalue weighted by atomic mass is 10.1. The lowest BCUT2D eigenvalue weighted by molar-refractivity contribution is 0.112. The summed E-state index contributed by atoms with van der Waals surface area (Å²) in [5.41, 5.74) is 1.19. The summed E-state index contributed by atoms with van der Waals surface area (Å²) in [5, 5.41) is 3.39. The first-order chi connectivity index (χ1) is 7.42. The predicted molar refractivity (Wildman–Crippen MR) is 64.0 cm³/mol. The summed E-state index contributed by atoms with van der Waals surface area (Å²) in [4.78, 5) is 8.55. The van der Waals surface area contributed by atoms with Crippen molar-refractivity contribution in [2.24, 2.45) is 0 Å². The number of ether oxygens (including phenoxy) is 1. The summed E-state index contributed by atoms with van der Waals surface area (Å²) in [7, 11) is 1.66. The van der Waals surface area contributed by atoms with Gasteiger partial charge in [0.25, 0.3) is 0 Å². The fourth-order valence-electron chi connectivity index (χ4n) is 1.14. The van der Waals surface area contributed by atoms with Crippen LogP contribution in [0.2, 0.25) is 0 Å². The fraction of sp³-hybridized carbons (Fsp3) is 0.667. The van der Waals surface area contributed by atoms with Crippen LogP contribution in [0, 0.1) is 0 Å². The van der Waals surface area contributed by atoms with Gasteiger partial charge in [-0.3, -0.25) is 0 Å². The minimum Gasteiger partial charge on any atom is -0.374 e. The van der Waals surface area contributed by atoms with Gasteiger partial charge in [0.05, 0.1) is 0 Å². The van der Waals surface area contributed by atoms with E-state index in [1.165, 1.54) is 0 Å². The van der Waals surface area contributed by atoms with Crippen LogP contribution in [0.4, 0.5) is 0 Å². The molecule has 0 aromatic carbocycles. The Labute approximate surface area is 97.5 Å². The maximum Gasteiger partial charge on any atom is 0.156 e. The summed E-state index contributed by atoms with van der Waals surface area (Å²) in [6, 6.07) is 0. The largest absolute Gasteiger partial charge is 0.374 e. The quantitative estimate of drug-likeness (QED) is 0.849. The van der Waals surface area contributed by atoms with Crippen LogP contribution in [-0.4, -0.2) is 22.6 Å². The topological polar surface area (TPSA) is 47.0 Å². The van der Waals surface area contributed by atoms with Crippen molar-refractivity contribution in [3.63, 3.8) is 0 Å². The van der Waals surface area contributed by atoms with Crippen LogP contribution in [0.25, 0.3) is 0 Å². The molecule has 0 spiro atoms. The van der Waals surface area contributed by atoms with Crippen molar-refractivity contribution in [3.05, 3.63) is 23.8 Å². The number of hydrogen-bond acceptors (Lipinski definition) is 4. The summed E-state index contributed by atoms with van der Waals surface area (Å²) < 4.78 is 5.15. The first-order valence-electron chi connectivity index (χ1n) is 5.51. The monoisotopic (exact) mass is 223 g/mol. The van der Waals surface area contributed by atoms with E-state index in [2.05, 4.69) is 36.1 Å². The molecule has 4 heteroatoms. The first kappa shape index (κ1) is 13.1. The Bertz CT molecular complexity index is 316. The van der Waals surface area contributed by atoms with Crippen molar-refractivity contribution in [1.82, 2.24) is 15.3 Å². The normalized spacial score (nSPS) is 13.8. The molecule has 0 aliphatic carbocycles. The molecule has 0 saturated carbocycles. The van der Waals surface area contributed by atoms with Gasteiger partial charge in [-0.1, -0.05) is 0 Å². The minimum atomic E-state index is -0.0513. The molecule has 0 aliphatic rings. The van der Waals surface area contributed by atoms with Crippen LogP contribution in [0.15, 0.2) is 12.4 Å². The summed E-state index contributed by atoms with van der Waals surface area (Å²) in [5.74, 6) is 0.724. The number of rotatable bonds is 4. The van der Waals surface area contributed by atoms with E-state index in [0.717, 1.165) is 17.9 Å². The fourth-order valence-corrected chi connectivity index (χ4v) is 1.14. The number of nitrogens with one attached hydrogen (secondary N) is 1. The highest BCUT2D eigenvalue weighted by Crippen LogP contribution is 2.10. The molecule has 0 saturated heterocycles. The van der Waals surface area contributed by atoms with Gasteiger partial charge in [0.15, 0.2) is 5.82 Å². The molecule has 0 radical (unpaired) electrons. The van der Waals surface area contributed by atoms with E-state index >= 15 is 0 Å². The molecule has 1 atom stereocenters. The highest BCUT2D eigenvalue weighted by Gasteiger charge is 2.10. The minimum absolute atomic E-state index is 0.0513. The van der Waals surface area contributed by atoms with Crippen molar-refractivity contribution < 1.29 is 4.74 Å². The second-order valence-electron chi connectivity index (χ2n) is 4.93. The van der Waals surface area contributed by atoms with E-state index in [9.17, 15) is 0 Å². The van der Waals surface area contributed by atoms with Gasteiger partial charge >= 0.3 is 0 Å². The Morgan fingerprint density at radius 3 is 2.31 bits per heavy atom. The van der Waals surface area contributed by atoms with Crippen LogP contribution in [-0.2, 0) is 11.3 Å². The SMILES string of the molecule is COC(C)c1ncc(CNC(C)(C)C)cn1. The van der Waals surface area contributed by atoms with Crippen molar-refractivity contribution >= 4 is 0 Å². The lowest BCUT2D eigenvalue weighted by Crippen LogP contribution is -2.35. The molecule has 0 aliphatic heterocycles. The van der Waals surface area contributed by atoms with E-state index in [4.69, 9.17) is 4.74 Å². The van der Waals surface area contributed by atoms with Gasteiger partial charge in [0, 0.05) is 37.2 Å². The maximum absolute atomic E-state index is 5.15. The van der Waals surface area contributed by atoms with Crippen LogP contribution < -0.4 is 5.32 Å². The Morgan fingerprint density at radius 2 is 1.88 bits per heavy atom. The Hall–Kier alpha value is -1.00. The zero-order chi connectivity index (χ0) is 12.2. The van der Waals surface area contributed by atoms with E-state index in [1.807, 2.05) is 19.3 Å². The number of methoxy groups -OCH3 is 1. The van der Waals surface area contributed by atoms with Gasteiger partial charge in [-0.2, -0.15) is 0 Å². The van der Waals surface area contributed by atoms with Crippen molar-refractivity contribution in [2.75, 3.05) is 7.11 Å². The Kier molecular flexibility index (Phi) is 4.38. The van der Waals surface area contributed by atoms with Gasteiger partial charge in [-0.25, -0.2) is 9.97 Å². The van der Waals surface area contributed by atoms with Crippen molar-refractivity contribution in [2.45, 2.75) is 45.9 Å². The predicted octanol–water partition coefficient (Wildman–Crippen LogP) is 2.07. The highest BCUT2D eigenvalue weighted by atomic mass is 16.5. The molecule has 1 aromatic rings. The van der Waals surface area contributed by atoms with E-state index in [1.54, 1.807) is 7.11 Å². The molecular formula is C12H21N3O. The number of hydrogen-bond donors (Lipinski definition) is 1. The van der Waals surface area contributed by atoms with Crippen molar-refractivity contribution in [1.29, 1.82) is 0 Å². The van der Waals surface area contributed by atoms with E-state index in [0.29, 0.717) is 0 Å². The zero-order valence-electron chi connectivity index (χ0n) is 10.7. The third kappa shape index (κ3) is 4.24. The zero-order valence-corrected chi connectivity index (χ0v) is 10.7. The van der Waals surface area contributed by atoms with Crippen LogP contribution in [0.3, 0.4) is 0 Å². The second kappa shape index (κ2) is 5.37. The Morgan fingerprint density at radius 1 is 1.31 bits per heavy atom. The van der Waals surface area contributed by atoms with Gasteiger partial charge in [-0.15, -0.1) is 0 Å². The van der Waals surface area contributed by atoms with Gasteiger partial charge in [-0.05, 0) is 27.7 Å². The molecule has 4 nitrogen and oxygen atoms in total. The Balaban J connectivity index is 2.58. The smallest absolute Gasteiger partial charge is 0.156 e.